The van der Waals surface area contributed by atoms with Gasteiger partial charge in [-0.2, -0.15) is 0 Å². The lowest BCUT2D eigenvalue weighted by atomic mass is 9.81. The van der Waals surface area contributed by atoms with E-state index < -0.39 is 15.4 Å². The summed E-state index contributed by atoms with van der Waals surface area (Å²) in [6.07, 6.45) is 0.729. The first-order valence-corrected chi connectivity index (χ1v) is 9.24. The van der Waals surface area contributed by atoms with E-state index in [1.165, 1.54) is 12.1 Å². The van der Waals surface area contributed by atoms with Crippen molar-refractivity contribution in [2.24, 2.45) is 5.14 Å². The highest BCUT2D eigenvalue weighted by Crippen LogP contribution is 2.45. The first kappa shape index (κ1) is 15.2. The van der Waals surface area contributed by atoms with Crippen molar-refractivity contribution in [1.29, 1.82) is 0 Å². The fourth-order valence-corrected chi connectivity index (χ4v) is 4.17. The molecule has 2 heterocycles. The summed E-state index contributed by atoms with van der Waals surface area (Å²) in [5.41, 5.74) is 2.28. The summed E-state index contributed by atoms with van der Waals surface area (Å²) in [4.78, 5) is 14.8. The Labute approximate surface area is 140 Å². The number of hydrogen-bond acceptors (Lipinski definition) is 4. The van der Waals surface area contributed by atoms with Crippen molar-refractivity contribution in [3.8, 4) is 0 Å². The molecule has 0 aromatic heterocycles. The third-order valence-electron chi connectivity index (χ3n) is 4.93. The van der Waals surface area contributed by atoms with Gasteiger partial charge in [-0.1, -0.05) is 18.2 Å². The monoisotopic (exact) mass is 343 g/mol. The van der Waals surface area contributed by atoms with Gasteiger partial charge in [0.1, 0.15) is 0 Å². The average Bonchev–Trinajstić information content (AvgIpc) is 3.11. The van der Waals surface area contributed by atoms with Gasteiger partial charge < -0.3 is 10.2 Å². The molecule has 0 aliphatic carbocycles. The SMILES string of the molecule is NS(=O)(=O)c1ccc(N2CCC3(C2)C(=O)Nc2ccccc23)cc1. The quantitative estimate of drug-likeness (QED) is 0.863. The molecule has 2 aliphatic heterocycles. The predicted octanol–water partition coefficient (Wildman–Crippen LogP) is 1.43. The number of nitrogens with two attached hydrogens (primary N) is 1. The summed E-state index contributed by atoms with van der Waals surface area (Å²) in [6, 6.07) is 14.2. The largest absolute Gasteiger partial charge is 0.370 e. The van der Waals surface area contributed by atoms with Crippen molar-refractivity contribution >= 4 is 27.3 Å². The minimum atomic E-state index is -3.70. The second kappa shape index (κ2) is 5.06. The van der Waals surface area contributed by atoms with Crippen LogP contribution in [0.1, 0.15) is 12.0 Å². The highest BCUT2D eigenvalue weighted by molar-refractivity contribution is 7.89. The fraction of sp³-hybridized carbons (Fsp3) is 0.235. The molecule has 3 N–H and O–H groups in total. The average molecular weight is 343 g/mol. The number of hydrogen-bond donors (Lipinski definition) is 2. The molecule has 1 fully saturated rings. The van der Waals surface area contributed by atoms with E-state index in [2.05, 4.69) is 10.2 Å². The van der Waals surface area contributed by atoms with Gasteiger partial charge >= 0.3 is 0 Å². The lowest BCUT2D eigenvalue weighted by Crippen LogP contribution is -2.37. The zero-order chi connectivity index (χ0) is 16.9. The first-order chi connectivity index (χ1) is 11.4. The van der Waals surface area contributed by atoms with Crippen LogP contribution in [0.5, 0.6) is 0 Å². The predicted molar refractivity (Wildman–Crippen MR) is 91.4 cm³/mol. The van der Waals surface area contributed by atoms with Gasteiger partial charge in [-0.3, -0.25) is 4.79 Å². The third-order valence-corrected chi connectivity index (χ3v) is 5.85. The van der Waals surface area contributed by atoms with Crippen molar-refractivity contribution in [1.82, 2.24) is 0 Å². The summed E-state index contributed by atoms with van der Waals surface area (Å²) in [7, 11) is -3.70. The summed E-state index contributed by atoms with van der Waals surface area (Å²) < 4.78 is 22.7. The van der Waals surface area contributed by atoms with Crippen LogP contribution in [0, 0.1) is 0 Å². The van der Waals surface area contributed by atoms with E-state index in [9.17, 15) is 13.2 Å². The number of fused-ring (bicyclic) bond motifs is 2. The number of carbonyl (C=O) groups excluding carboxylic acids is 1. The van der Waals surface area contributed by atoms with E-state index >= 15 is 0 Å². The molecule has 2 aliphatic rings. The van der Waals surface area contributed by atoms with Gasteiger partial charge in [0.2, 0.25) is 15.9 Å². The maximum atomic E-state index is 12.6. The summed E-state index contributed by atoms with van der Waals surface area (Å²) >= 11 is 0. The maximum Gasteiger partial charge on any atom is 0.238 e. The standard InChI is InChI=1S/C17H17N3O3S/c18-24(22,23)13-7-5-12(6-8-13)20-10-9-17(11-20)14-3-1-2-4-15(14)19-16(17)21/h1-8H,9-11H2,(H,19,21)(H2,18,22,23). The molecule has 124 valence electrons. The summed E-state index contributed by atoms with van der Waals surface area (Å²) in [5.74, 6) is 0.0346. The van der Waals surface area contributed by atoms with Crippen LogP contribution in [0.3, 0.4) is 0 Å². The molecule has 0 saturated carbocycles. The molecule has 0 radical (unpaired) electrons. The van der Waals surface area contributed by atoms with E-state index in [-0.39, 0.29) is 10.8 Å². The second-order valence-corrected chi connectivity index (χ2v) is 7.85. The molecule has 1 saturated heterocycles. The number of benzene rings is 2. The second-order valence-electron chi connectivity index (χ2n) is 6.29. The third kappa shape index (κ3) is 2.20. The summed E-state index contributed by atoms with van der Waals surface area (Å²) in [6.45, 7) is 1.31. The minimum absolute atomic E-state index is 0.0346. The van der Waals surface area contributed by atoms with Crippen LogP contribution in [-0.4, -0.2) is 27.4 Å². The highest BCUT2D eigenvalue weighted by Gasteiger charge is 2.51. The topological polar surface area (TPSA) is 92.5 Å². The van der Waals surface area contributed by atoms with Crippen molar-refractivity contribution in [3.05, 3.63) is 54.1 Å². The van der Waals surface area contributed by atoms with E-state index in [1.54, 1.807) is 12.1 Å². The van der Waals surface area contributed by atoms with Gasteiger partial charge in [-0.25, -0.2) is 13.6 Å². The Kier molecular flexibility index (Phi) is 3.20. The minimum Gasteiger partial charge on any atom is -0.370 e. The van der Waals surface area contributed by atoms with Crippen LogP contribution in [0.15, 0.2) is 53.4 Å². The number of nitrogens with one attached hydrogen (secondary N) is 1. The van der Waals surface area contributed by atoms with Crippen molar-refractivity contribution < 1.29 is 13.2 Å². The molecule has 6 nitrogen and oxygen atoms in total. The van der Waals surface area contributed by atoms with Crippen LogP contribution < -0.4 is 15.4 Å². The number of para-hydroxylation sites is 1. The van der Waals surface area contributed by atoms with Gasteiger partial charge in [-0.15, -0.1) is 0 Å². The van der Waals surface area contributed by atoms with E-state index in [4.69, 9.17) is 5.14 Å². The molecular weight excluding hydrogens is 326 g/mol. The van der Waals surface area contributed by atoms with Crippen molar-refractivity contribution in [2.75, 3.05) is 23.3 Å². The smallest absolute Gasteiger partial charge is 0.238 e. The van der Waals surface area contributed by atoms with Gasteiger partial charge in [-0.05, 0) is 42.3 Å². The highest BCUT2D eigenvalue weighted by atomic mass is 32.2. The molecular formula is C17H17N3O3S. The Morgan fingerprint density at radius 1 is 1.08 bits per heavy atom. The summed E-state index contributed by atoms with van der Waals surface area (Å²) in [5, 5.41) is 8.10. The van der Waals surface area contributed by atoms with Gasteiger partial charge in [0.15, 0.2) is 0 Å². The number of anilines is 2. The Bertz CT molecular complexity index is 924. The number of rotatable bonds is 2. The molecule has 2 aromatic rings. The number of carbonyl (C=O) groups is 1. The molecule has 0 bridgehead atoms. The normalized spacial score (nSPS) is 22.7. The van der Waals surface area contributed by atoms with E-state index in [0.717, 1.165) is 29.9 Å². The number of primary sulfonamides is 1. The number of sulfonamides is 1. The molecule has 1 spiro atoms. The van der Waals surface area contributed by atoms with Crippen LogP contribution in [-0.2, 0) is 20.2 Å². The molecule has 2 aromatic carbocycles. The van der Waals surface area contributed by atoms with Crippen molar-refractivity contribution in [3.63, 3.8) is 0 Å². The van der Waals surface area contributed by atoms with Crippen LogP contribution >= 0.6 is 0 Å². The van der Waals surface area contributed by atoms with E-state index in [0.29, 0.717) is 6.54 Å². The Morgan fingerprint density at radius 2 is 1.79 bits per heavy atom. The molecule has 24 heavy (non-hydrogen) atoms. The lowest BCUT2D eigenvalue weighted by Gasteiger charge is -2.24. The van der Waals surface area contributed by atoms with Crippen LogP contribution in [0.4, 0.5) is 11.4 Å². The van der Waals surface area contributed by atoms with Gasteiger partial charge in [0, 0.05) is 24.5 Å². The van der Waals surface area contributed by atoms with Crippen molar-refractivity contribution in [2.45, 2.75) is 16.7 Å². The first-order valence-electron chi connectivity index (χ1n) is 7.69. The fourth-order valence-electron chi connectivity index (χ4n) is 3.66. The lowest BCUT2D eigenvalue weighted by molar-refractivity contribution is -0.120. The molecule has 4 rings (SSSR count). The maximum absolute atomic E-state index is 12.6. The number of nitrogens with zero attached hydrogens (tertiary/aromatic N) is 1. The van der Waals surface area contributed by atoms with Gasteiger partial charge in [0.25, 0.3) is 0 Å². The molecule has 1 atom stereocenters. The zero-order valence-corrected chi connectivity index (χ0v) is 13.7. The molecule has 1 unspecified atom stereocenters. The van der Waals surface area contributed by atoms with Crippen LogP contribution in [0.25, 0.3) is 0 Å². The van der Waals surface area contributed by atoms with Gasteiger partial charge in [0.05, 0.1) is 10.3 Å². The Balaban J connectivity index is 1.65. The Morgan fingerprint density at radius 3 is 2.50 bits per heavy atom. The van der Waals surface area contributed by atoms with E-state index in [1.807, 2.05) is 24.3 Å². The van der Waals surface area contributed by atoms with Crippen LogP contribution in [0.2, 0.25) is 0 Å². The molecule has 1 amide bonds. The zero-order valence-electron chi connectivity index (χ0n) is 12.9. The Hall–Kier alpha value is -2.38. The molecule has 7 heteroatoms. The number of amides is 1.